The van der Waals surface area contributed by atoms with Crippen LogP contribution in [0.1, 0.15) is 0 Å². The standard InChI is InChI=1S/C13H11ClN4/c1-18-12-4-5-16-7-11(12)17-13(18)9-3-2-8(15)6-10(9)14/h2-7H,15H2,1H3. The van der Waals surface area contributed by atoms with E-state index in [1.165, 1.54) is 0 Å². The number of aromatic nitrogens is 3. The highest BCUT2D eigenvalue weighted by atomic mass is 35.5. The fourth-order valence-electron chi connectivity index (χ4n) is 2.01. The first-order valence-corrected chi connectivity index (χ1v) is 5.86. The van der Waals surface area contributed by atoms with E-state index in [1.54, 1.807) is 18.5 Å². The highest BCUT2D eigenvalue weighted by Crippen LogP contribution is 2.30. The second kappa shape index (κ2) is 3.99. The van der Waals surface area contributed by atoms with Crippen LogP contribution in [-0.2, 0) is 7.05 Å². The van der Waals surface area contributed by atoms with Crippen molar-refractivity contribution in [3.8, 4) is 11.4 Å². The van der Waals surface area contributed by atoms with Crippen molar-refractivity contribution in [3.63, 3.8) is 0 Å². The average molecular weight is 259 g/mol. The molecule has 3 aromatic rings. The number of aryl methyl sites for hydroxylation is 1. The summed E-state index contributed by atoms with van der Waals surface area (Å²) in [5, 5.41) is 0.598. The SMILES string of the molecule is Cn1c(-c2ccc(N)cc2Cl)nc2cnccc21. The predicted molar refractivity (Wildman–Crippen MR) is 73.4 cm³/mol. The van der Waals surface area contributed by atoms with Crippen molar-refractivity contribution in [1.82, 2.24) is 14.5 Å². The molecule has 0 atom stereocenters. The summed E-state index contributed by atoms with van der Waals surface area (Å²) >= 11 is 6.21. The van der Waals surface area contributed by atoms with Crippen molar-refractivity contribution in [3.05, 3.63) is 41.7 Å². The number of imidazole rings is 1. The maximum Gasteiger partial charge on any atom is 0.142 e. The molecule has 3 rings (SSSR count). The summed E-state index contributed by atoms with van der Waals surface area (Å²) < 4.78 is 1.99. The van der Waals surface area contributed by atoms with Crippen LogP contribution >= 0.6 is 11.6 Å². The lowest BCUT2D eigenvalue weighted by atomic mass is 10.2. The van der Waals surface area contributed by atoms with Crippen LogP contribution in [0.3, 0.4) is 0 Å². The number of halogens is 1. The number of rotatable bonds is 1. The second-order valence-electron chi connectivity index (χ2n) is 4.10. The summed E-state index contributed by atoms with van der Waals surface area (Å²) in [6.45, 7) is 0. The molecule has 4 nitrogen and oxygen atoms in total. The number of fused-ring (bicyclic) bond motifs is 1. The number of pyridine rings is 1. The van der Waals surface area contributed by atoms with Gasteiger partial charge in [0, 0.05) is 24.5 Å². The van der Waals surface area contributed by atoms with Crippen molar-refractivity contribution in [2.45, 2.75) is 0 Å². The average Bonchev–Trinajstić information content (AvgIpc) is 2.68. The maximum atomic E-state index is 6.21. The van der Waals surface area contributed by atoms with Crippen molar-refractivity contribution < 1.29 is 0 Å². The van der Waals surface area contributed by atoms with E-state index in [-0.39, 0.29) is 0 Å². The van der Waals surface area contributed by atoms with E-state index in [0.29, 0.717) is 10.7 Å². The minimum Gasteiger partial charge on any atom is -0.399 e. The fourth-order valence-corrected chi connectivity index (χ4v) is 2.28. The minimum absolute atomic E-state index is 0.598. The van der Waals surface area contributed by atoms with Gasteiger partial charge in [0.2, 0.25) is 0 Å². The normalized spacial score (nSPS) is 11.0. The zero-order valence-electron chi connectivity index (χ0n) is 9.76. The Labute approximate surface area is 109 Å². The smallest absolute Gasteiger partial charge is 0.142 e. The molecule has 0 aliphatic rings. The van der Waals surface area contributed by atoms with Gasteiger partial charge in [-0.3, -0.25) is 4.98 Å². The molecular formula is C13H11ClN4. The van der Waals surface area contributed by atoms with Gasteiger partial charge in [0.25, 0.3) is 0 Å². The van der Waals surface area contributed by atoms with Crippen LogP contribution in [0.2, 0.25) is 5.02 Å². The van der Waals surface area contributed by atoms with Crippen LogP contribution in [0.15, 0.2) is 36.7 Å². The van der Waals surface area contributed by atoms with E-state index in [1.807, 2.05) is 29.8 Å². The van der Waals surface area contributed by atoms with Gasteiger partial charge in [-0.2, -0.15) is 0 Å². The van der Waals surface area contributed by atoms with Gasteiger partial charge < -0.3 is 10.3 Å². The molecular weight excluding hydrogens is 248 g/mol. The molecule has 0 saturated carbocycles. The number of nitrogens with zero attached hydrogens (tertiary/aromatic N) is 3. The lowest BCUT2D eigenvalue weighted by molar-refractivity contribution is 0.959. The first kappa shape index (κ1) is 11.0. The largest absolute Gasteiger partial charge is 0.399 e. The van der Waals surface area contributed by atoms with Crippen molar-refractivity contribution >= 4 is 28.3 Å². The van der Waals surface area contributed by atoms with Crippen LogP contribution in [0.25, 0.3) is 22.4 Å². The van der Waals surface area contributed by atoms with Crippen LogP contribution in [0.5, 0.6) is 0 Å². The monoisotopic (exact) mass is 258 g/mol. The van der Waals surface area contributed by atoms with E-state index in [0.717, 1.165) is 22.4 Å². The Morgan fingerprint density at radius 1 is 1.28 bits per heavy atom. The number of anilines is 1. The van der Waals surface area contributed by atoms with E-state index in [2.05, 4.69) is 9.97 Å². The topological polar surface area (TPSA) is 56.7 Å². The first-order valence-electron chi connectivity index (χ1n) is 5.48. The molecule has 0 saturated heterocycles. The van der Waals surface area contributed by atoms with Gasteiger partial charge in [0.05, 0.1) is 16.7 Å². The molecule has 0 unspecified atom stereocenters. The molecule has 0 spiro atoms. The predicted octanol–water partition coefficient (Wildman–Crippen LogP) is 2.87. The summed E-state index contributed by atoms with van der Waals surface area (Å²) in [6.07, 6.45) is 3.49. The van der Waals surface area contributed by atoms with Crippen LogP contribution < -0.4 is 5.73 Å². The van der Waals surface area contributed by atoms with Gasteiger partial charge in [0.15, 0.2) is 0 Å². The molecule has 2 N–H and O–H groups in total. The highest BCUT2D eigenvalue weighted by Gasteiger charge is 2.12. The molecule has 18 heavy (non-hydrogen) atoms. The van der Waals surface area contributed by atoms with E-state index in [9.17, 15) is 0 Å². The maximum absolute atomic E-state index is 6.21. The molecule has 0 aliphatic carbocycles. The van der Waals surface area contributed by atoms with Gasteiger partial charge in [-0.1, -0.05) is 11.6 Å². The van der Waals surface area contributed by atoms with E-state index in [4.69, 9.17) is 17.3 Å². The Bertz CT molecular complexity index is 733. The molecule has 2 aromatic heterocycles. The molecule has 5 heteroatoms. The molecule has 0 fully saturated rings. The Kier molecular flexibility index (Phi) is 2.45. The number of hydrogen-bond acceptors (Lipinski definition) is 3. The van der Waals surface area contributed by atoms with Crippen molar-refractivity contribution in [2.24, 2.45) is 7.05 Å². The third kappa shape index (κ3) is 1.62. The first-order chi connectivity index (χ1) is 8.66. The molecule has 0 radical (unpaired) electrons. The molecule has 1 aromatic carbocycles. The Morgan fingerprint density at radius 2 is 2.11 bits per heavy atom. The lowest BCUT2D eigenvalue weighted by Crippen LogP contribution is -1.94. The number of benzene rings is 1. The third-order valence-corrected chi connectivity index (χ3v) is 3.23. The number of hydrogen-bond donors (Lipinski definition) is 1. The van der Waals surface area contributed by atoms with Crippen LogP contribution in [-0.4, -0.2) is 14.5 Å². The molecule has 0 bridgehead atoms. The van der Waals surface area contributed by atoms with Gasteiger partial charge >= 0.3 is 0 Å². The minimum atomic E-state index is 0.598. The fraction of sp³-hybridized carbons (Fsp3) is 0.0769. The summed E-state index contributed by atoms with van der Waals surface area (Å²) in [4.78, 5) is 8.62. The number of nitrogen functional groups attached to an aromatic ring is 1. The Hall–Kier alpha value is -2.07. The van der Waals surface area contributed by atoms with Gasteiger partial charge in [-0.15, -0.1) is 0 Å². The second-order valence-corrected chi connectivity index (χ2v) is 4.51. The summed E-state index contributed by atoms with van der Waals surface area (Å²) in [5.41, 5.74) is 9.08. The highest BCUT2D eigenvalue weighted by molar-refractivity contribution is 6.33. The molecule has 90 valence electrons. The Morgan fingerprint density at radius 3 is 2.83 bits per heavy atom. The zero-order valence-corrected chi connectivity index (χ0v) is 10.5. The summed E-state index contributed by atoms with van der Waals surface area (Å²) in [7, 11) is 1.96. The zero-order chi connectivity index (χ0) is 12.7. The van der Waals surface area contributed by atoms with Crippen molar-refractivity contribution in [2.75, 3.05) is 5.73 Å². The quantitative estimate of drug-likeness (QED) is 0.683. The summed E-state index contributed by atoms with van der Waals surface area (Å²) in [5.74, 6) is 0.808. The third-order valence-electron chi connectivity index (χ3n) is 2.92. The van der Waals surface area contributed by atoms with Crippen LogP contribution in [0, 0.1) is 0 Å². The van der Waals surface area contributed by atoms with Gasteiger partial charge in [-0.25, -0.2) is 4.98 Å². The van der Waals surface area contributed by atoms with E-state index < -0.39 is 0 Å². The van der Waals surface area contributed by atoms with Gasteiger partial charge in [-0.05, 0) is 24.3 Å². The van der Waals surface area contributed by atoms with Crippen molar-refractivity contribution in [1.29, 1.82) is 0 Å². The molecule has 2 heterocycles. The summed E-state index contributed by atoms with van der Waals surface area (Å²) in [6, 6.07) is 7.36. The molecule has 0 aliphatic heterocycles. The number of nitrogens with two attached hydrogens (primary N) is 1. The van der Waals surface area contributed by atoms with Crippen LogP contribution in [0.4, 0.5) is 5.69 Å². The molecule has 0 amide bonds. The van der Waals surface area contributed by atoms with E-state index >= 15 is 0 Å². The van der Waals surface area contributed by atoms with Gasteiger partial charge in [0.1, 0.15) is 11.3 Å². The Balaban J connectivity index is 2.28. The lowest BCUT2D eigenvalue weighted by Gasteiger charge is -2.05.